The molecule has 0 saturated carbocycles. The van der Waals surface area contributed by atoms with Crippen molar-refractivity contribution in [2.75, 3.05) is 10.6 Å². The van der Waals surface area contributed by atoms with Crippen molar-refractivity contribution in [1.82, 2.24) is 4.98 Å². The van der Waals surface area contributed by atoms with Gasteiger partial charge in [-0.25, -0.2) is 4.98 Å². The molecular formula is C14H12F3N3O. The molecule has 0 fully saturated rings. The van der Waals surface area contributed by atoms with Crippen LogP contribution in [0.1, 0.15) is 5.56 Å². The molecule has 2 rings (SSSR count). The quantitative estimate of drug-likeness (QED) is 0.910. The van der Waals surface area contributed by atoms with Gasteiger partial charge in [0.1, 0.15) is 5.82 Å². The Labute approximate surface area is 119 Å². The van der Waals surface area contributed by atoms with Crippen molar-refractivity contribution in [3.8, 4) is 0 Å². The van der Waals surface area contributed by atoms with Crippen molar-refractivity contribution in [3.63, 3.8) is 0 Å². The number of halogens is 3. The number of rotatable bonds is 4. The maximum Gasteiger partial charge on any atom is 0.471 e. The summed E-state index contributed by atoms with van der Waals surface area (Å²) < 4.78 is 36.8. The van der Waals surface area contributed by atoms with Crippen LogP contribution in [0, 0.1) is 0 Å². The lowest BCUT2D eigenvalue weighted by Gasteiger charge is -2.13. The summed E-state index contributed by atoms with van der Waals surface area (Å²) in [7, 11) is 0. The molecule has 0 aliphatic heterocycles. The number of nitrogens with one attached hydrogen (secondary N) is 2. The van der Waals surface area contributed by atoms with Gasteiger partial charge in [0.05, 0.1) is 5.69 Å². The second kappa shape index (κ2) is 6.25. The SMILES string of the molecule is O=C(Nc1cccnc1NCc1ccccc1)C(F)(F)F. The third kappa shape index (κ3) is 4.20. The van der Waals surface area contributed by atoms with E-state index in [2.05, 4.69) is 10.3 Å². The largest absolute Gasteiger partial charge is 0.471 e. The summed E-state index contributed by atoms with van der Waals surface area (Å²) in [5.74, 6) is -1.85. The lowest BCUT2D eigenvalue weighted by molar-refractivity contribution is -0.167. The second-order valence-electron chi connectivity index (χ2n) is 4.19. The highest BCUT2D eigenvalue weighted by molar-refractivity contribution is 5.97. The van der Waals surface area contributed by atoms with Crippen molar-refractivity contribution in [3.05, 3.63) is 54.2 Å². The number of anilines is 2. The van der Waals surface area contributed by atoms with E-state index in [0.29, 0.717) is 6.54 Å². The van der Waals surface area contributed by atoms with Gasteiger partial charge in [0.2, 0.25) is 0 Å². The lowest BCUT2D eigenvalue weighted by Crippen LogP contribution is -2.30. The van der Waals surface area contributed by atoms with E-state index in [0.717, 1.165) is 5.56 Å². The van der Waals surface area contributed by atoms with E-state index in [-0.39, 0.29) is 11.5 Å². The highest BCUT2D eigenvalue weighted by Crippen LogP contribution is 2.23. The molecule has 0 saturated heterocycles. The average Bonchev–Trinajstić information content (AvgIpc) is 2.46. The van der Waals surface area contributed by atoms with Gasteiger partial charge in [-0.15, -0.1) is 0 Å². The van der Waals surface area contributed by atoms with Gasteiger partial charge in [-0.05, 0) is 17.7 Å². The molecule has 21 heavy (non-hydrogen) atoms. The molecule has 0 aliphatic carbocycles. The number of nitrogens with zero attached hydrogens (tertiary/aromatic N) is 1. The van der Waals surface area contributed by atoms with Gasteiger partial charge < -0.3 is 10.6 Å². The fourth-order valence-corrected chi connectivity index (χ4v) is 1.62. The number of pyridine rings is 1. The Balaban J connectivity index is 2.08. The van der Waals surface area contributed by atoms with Crippen LogP contribution in [0.2, 0.25) is 0 Å². The fraction of sp³-hybridized carbons (Fsp3) is 0.143. The Bertz CT molecular complexity index is 614. The van der Waals surface area contributed by atoms with E-state index in [1.165, 1.54) is 18.3 Å². The lowest BCUT2D eigenvalue weighted by atomic mass is 10.2. The minimum Gasteiger partial charge on any atom is -0.364 e. The molecular weight excluding hydrogens is 283 g/mol. The number of hydrogen-bond donors (Lipinski definition) is 2. The van der Waals surface area contributed by atoms with Crippen LogP contribution in [0.5, 0.6) is 0 Å². The number of aromatic nitrogens is 1. The Morgan fingerprint density at radius 3 is 2.48 bits per heavy atom. The van der Waals surface area contributed by atoms with Gasteiger partial charge >= 0.3 is 12.1 Å². The second-order valence-corrected chi connectivity index (χ2v) is 4.19. The molecule has 0 bridgehead atoms. The summed E-state index contributed by atoms with van der Waals surface area (Å²) >= 11 is 0. The van der Waals surface area contributed by atoms with Gasteiger partial charge in [0.25, 0.3) is 0 Å². The van der Waals surface area contributed by atoms with Crippen LogP contribution >= 0.6 is 0 Å². The van der Waals surface area contributed by atoms with Crippen LogP contribution in [0.25, 0.3) is 0 Å². The molecule has 0 atom stereocenters. The molecule has 0 spiro atoms. The smallest absolute Gasteiger partial charge is 0.364 e. The molecule has 1 amide bonds. The fourth-order valence-electron chi connectivity index (χ4n) is 1.62. The Hall–Kier alpha value is -2.57. The highest BCUT2D eigenvalue weighted by Gasteiger charge is 2.39. The number of hydrogen-bond acceptors (Lipinski definition) is 3. The third-order valence-electron chi connectivity index (χ3n) is 2.62. The number of carbonyl (C=O) groups is 1. The Morgan fingerprint density at radius 2 is 1.81 bits per heavy atom. The van der Waals surface area contributed by atoms with Crippen LogP contribution in [-0.4, -0.2) is 17.1 Å². The summed E-state index contributed by atoms with van der Waals surface area (Å²) in [4.78, 5) is 14.9. The standard InChI is InChI=1S/C14H12F3N3O/c15-14(16,17)13(21)20-11-7-4-8-18-12(11)19-9-10-5-2-1-3-6-10/h1-8H,9H2,(H,18,19)(H,20,21). The Kier molecular flexibility index (Phi) is 4.42. The first-order chi connectivity index (χ1) is 9.97. The summed E-state index contributed by atoms with van der Waals surface area (Å²) in [6, 6.07) is 12.1. The first-order valence-electron chi connectivity index (χ1n) is 6.08. The molecule has 0 unspecified atom stereocenters. The van der Waals surface area contributed by atoms with Crippen molar-refractivity contribution in [1.29, 1.82) is 0 Å². The van der Waals surface area contributed by atoms with Crippen molar-refractivity contribution >= 4 is 17.4 Å². The normalized spacial score (nSPS) is 11.0. The van der Waals surface area contributed by atoms with E-state index in [9.17, 15) is 18.0 Å². The van der Waals surface area contributed by atoms with E-state index in [1.54, 1.807) is 5.32 Å². The zero-order valence-corrected chi connectivity index (χ0v) is 10.8. The summed E-state index contributed by atoms with van der Waals surface area (Å²) in [6.45, 7) is 0.382. The summed E-state index contributed by atoms with van der Waals surface area (Å²) in [5, 5.41) is 4.69. The van der Waals surface area contributed by atoms with E-state index in [1.807, 2.05) is 30.3 Å². The van der Waals surface area contributed by atoms with Gasteiger partial charge in [0, 0.05) is 12.7 Å². The van der Waals surface area contributed by atoms with E-state index < -0.39 is 12.1 Å². The predicted molar refractivity (Wildman–Crippen MR) is 72.7 cm³/mol. The van der Waals surface area contributed by atoms with E-state index in [4.69, 9.17) is 0 Å². The van der Waals surface area contributed by atoms with Crippen molar-refractivity contribution in [2.45, 2.75) is 12.7 Å². The molecule has 1 heterocycles. The molecule has 4 nitrogen and oxygen atoms in total. The van der Waals surface area contributed by atoms with Crippen LogP contribution in [0.4, 0.5) is 24.7 Å². The van der Waals surface area contributed by atoms with Crippen LogP contribution in [0.15, 0.2) is 48.7 Å². The molecule has 1 aromatic heterocycles. The average molecular weight is 295 g/mol. The molecule has 7 heteroatoms. The zero-order valence-electron chi connectivity index (χ0n) is 10.8. The van der Waals surface area contributed by atoms with Gasteiger partial charge in [-0.1, -0.05) is 30.3 Å². The third-order valence-corrected chi connectivity index (χ3v) is 2.62. The molecule has 0 aliphatic rings. The maximum atomic E-state index is 12.3. The zero-order chi connectivity index (χ0) is 15.3. The minimum absolute atomic E-state index is 0.0178. The summed E-state index contributed by atoms with van der Waals surface area (Å²) in [6.07, 6.45) is -3.51. The van der Waals surface area contributed by atoms with Gasteiger partial charge in [0.15, 0.2) is 0 Å². The predicted octanol–water partition coefficient (Wildman–Crippen LogP) is 3.19. The van der Waals surface area contributed by atoms with Crippen LogP contribution in [-0.2, 0) is 11.3 Å². The number of benzene rings is 1. The Morgan fingerprint density at radius 1 is 1.10 bits per heavy atom. The molecule has 2 N–H and O–H groups in total. The molecule has 2 aromatic rings. The molecule has 110 valence electrons. The minimum atomic E-state index is -4.94. The van der Waals surface area contributed by atoms with Gasteiger partial charge in [-0.3, -0.25) is 4.79 Å². The van der Waals surface area contributed by atoms with Gasteiger partial charge in [-0.2, -0.15) is 13.2 Å². The monoisotopic (exact) mass is 295 g/mol. The first-order valence-corrected chi connectivity index (χ1v) is 6.08. The van der Waals surface area contributed by atoms with E-state index >= 15 is 0 Å². The first kappa shape index (κ1) is 14.8. The summed E-state index contributed by atoms with van der Waals surface area (Å²) in [5.41, 5.74) is 0.923. The maximum absolute atomic E-state index is 12.3. The highest BCUT2D eigenvalue weighted by atomic mass is 19.4. The molecule has 0 radical (unpaired) electrons. The van der Waals surface area contributed by atoms with Crippen molar-refractivity contribution in [2.24, 2.45) is 0 Å². The topological polar surface area (TPSA) is 54.0 Å². The number of carbonyl (C=O) groups excluding carboxylic acids is 1. The van der Waals surface area contributed by atoms with Crippen LogP contribution in [0.3, 0.4) is 0 Å². The number of alkyl halides is 3. The van der Waals surface area contributed by atoms with Crippen LogP contribution < -0.4 is 10.6 Å². The van der Waals surface area contributed by atoms with Crippen molar-refractivity contribution < 1.29 is 18.0 Å². The number of amides is 1. The molecule has 1 aromatic carbocycles.